The van der Waals surface area contributed by atoms with Crippen LogP contribution < -0.4 is 5.32 Å². The molecule has 0 aliphatic carbocycles. The van der Waals surface area contributed by atoms with Gasteiger partial charge in [0.1, 0.15) is 5.76 Å². The lowest BCUT2D eigenvalue weighted by atomic mass is 9.89. The number of carbonyl (C=O) groups is 2. The number of carbonyl (C=O) groups excluding carboxylic acids is 2. The summed E-state index contributed by atoms with van der Waals surface area (Å²) in [5.74, 6) is 1.18. The summed E-state index contributed by atoms with van der Waals surface area (Å²) in [6, 6.07) is 9.68. The summed E-state index contributed by atoms with van der Waals surface area (Å²) in [5.41, 5.74) is 3.37. The minimum absolute atomic E-state index is 0.0663. The molecule has 2 amide bonds. The summed E-state index contributed by atoms with van der Waals surface area (Å²) in [6.07, 6.45) is 2.37. The first kappa shape index (κ1) is 22.3. The molecule has 32 heavy (non-hydrogen) atoms. The zero-order valence-electron chi connectivity index (χ0n) is 18.8. The van der Waals surface area contributed by atoms with Crippen molar-refractivity contribution in [3.05, 3.63) is 74.6 Å². The Bertz CT molecular complexity index is 1080. The minimum atomic E-state index is -0.0795. The number of aryl methyl sites for hydroxylation is 3. The average Bonchev–Trinajstić information content (AvgIpc) is 3.43. The molecule has 0 spiro atoms. The van der Waals surface area contributed by atoms with Crippen molar-refractivity contribution in [3.8, 4) is 0 Å². The zero-order valence-corrected chi connectivity index (χ0v) is 19.6. The van der Waals surface area contributed by atoms with Crippen molar-refractivity contribution < 1.29 is 14.0 Å². The molecule has 1 saturated heterocycles. The van der Waals surface area contributed by atoms with Crippen molar-refractivity contribution in [2.24, 2.45) is 0 Å². The second-order valence-corrected chi connectivity index (χ2v) is 9.42. The van der Waals surface area contributed by atoms with E-state index in [-0.39, 0.29) is 17.7 Å². The molecule has 1 aliphatic heterocycles. The molecule has 0 bridgehead atoms. The van der Waals surface area contributed by atoms with Crippen LogP contribution in [0.4, 0.5) is 0 Å². The molecule has 7 heteroatoms. The molecule has 1 fully saturated rings. The summed E-state index contributed by atoms with van der Waals surface area (Å²) in [5, 5.41) is 5.09. The van der Waals surface area contributed by atoms with E-state index in [0.717, 1.165) is 42.0 Å². The Kier molecular flexibility index (Phi) is 6.74. The van der Waals surface area contributed by atoms with E-state index in [2.05, 4.69) is 11.4 Å². The van der Waals surface area contributed by atoms with Gasteiger partial charge < -0.3 is 14.6 Å². The van der Waals surface area contributed by atoms with E-state index in [1.807, 2.05) is 55.3 Å². The number of likely N-dealkylation sites (tertiary alicyclic amines) is 1. The maximum atomic E-state index is 12.9. The second-order valence-electron chi connectivity index (χ2n) is 8.39. The molecule has 1 aliphatic rings. The number of amides is 2. The topological polar surface area (TPSA) is 75.4 Å². The Morgan fingerprint density at radius 2 is 1.97 bits per heavy atom. The highest BCUT2D eigenvalue weighted by molar-refractivity contribution is 7.09. The number of nitrogens with one attached hydrogen (secondary N) is 1. The predicted octanol–water partition coefficient (Wildman–Crippen LogP) is 4.65. The molecule has 1 N–H and O–H groups in total. The van der Waals surface area contributed by atoms with Gasteiger partial charge in [-0.3, -0.25) is 14.6 Å². The molecule has 0 atom stereocenters. The fraction of sp³-hybridized carbons (Fsp3) is 0.400. The summed E-state index contributed by atoms with van der Waals surface area (Å²) in [4.78, 5) is 33.6. The van der Waals surface area contributed by atoms with E-state index in [1.54, 1.807) is 11.3 Å². The highest BCUT2D eigenvalue weighted by Crippen LogP contribution is 2.30. The third-order valence-corrected chi connectivity index (χ3v) is 7.03. The van der Waals surface area contributed by atoms with Crippen LogP contribution >= 0.6 is 11.3 Å². The lowest BCUT2D eigenvalue weighted by molar-refractivity contribution is 0.0677. The summed E-state index contributed by atoms with van der Waals surface area (Å²) in [6.45, 7) is 7.60. The molecule has 6 nitrogen and oxygen atoms in total. The van der Waals surface area contributed by atoms with Gasteiger partial charge in [-0.05, 0) is 75.2 Å². The van der Waals surface area contributed by atoms with Crippen molar-refractivity contribution in [1.82, 2.24) is 15.2 Å². The molecule has 0 saturated carbocycles. The Morgan fingerprint density at radius 1 is 1.19 bits per heavy atom. The lowest BCUT2D eigenvalue weighted by Crippen LogP contribution is -2.38. The predicted molar refractivity (Wildman–Crippen MR) is 125 cm³/mol. The Labute approximate surface area is 192 Å². The second kappa shape index (κ2) is 9.69. The number of rotatable bonds is 6. The van der Waals surface area contributed by atoms with E-state index in [9.17, 15) is 9.59 Å². The molecule has 4 rings (SSSR count). The van der Waals surface area contributed by atoms with Crippen LogP contribution in [0.25, 0.3) is 0 Å². The van der Waals surface area contributed by atoms with Crippen LogP contribution in [0.1, 0.15) is 67.3 Å². The quantitative estimate of drug-likeness (QED) is 0.592. The van der Waals surface area contributed by atoms with Gasteiger partial charge in [-0.15, -0.1) is 11.3 Å². The first-order valence-corrected chi connectivity index (χ1v) is 11.9. The monoisotopic (exact) mass is 451 g/mol. The standard InChI is InChI=1S/C25H29N3O3S/c1-16-15-22(31-18(16)3)25(30)28-12-9-19(10-13-28)23-21(7-6-17(2)27-23)24(29)26-11-8-20-5-4-14-32-20/h4-7,14-15,19H,8-13H2,1-3H3,(H,26,29). The van der Waals surface area contributed by atoms with Crippen LogP contribution in [0.5, 0.6) is 0 Å². The van der Waals surface area contributed by atoms with Crippen LogP contribution in [0.2, 0.25) is 0 Å². The molecular weight excluding hydrogens is 422 g/mol. The molecule has 0 radical (unpaired) electrons. The molecule has 4 heterocycles. The molecule has 0 aromatic carbocycles. The average molecular weight is 452 g/mol. The Balaban J connectivity index is 1.40. The summed E-state index contributed by atoms with van der Waals surface area (Å²) < 4.78 is 5.62. The van der Waals surface area contributed by atoms with Crippen molar-refractivity contribution in [2.75, 3.05) is 19.6 Å². The first-order valence-electron chi connectivity index (χ1n) is 11.1. The third kappa shape index (κ3) is 4.93. The summed E-state index contributed by atoms with van der Waals surface area (Å²) >= 11 is 1.70. The number of pyridine rings is 1. The van der Waals surface area contributed by atoms with Gasteiger partial charge in [0, 0.05) is 36.1 Å². The number of nitrogens with zero attached hydrogens (tertiary/aromatic N) is 2. The van der Waals surface area contributed by atoms with Gasteiger partial charge in [-0.1, -0.05) is 6.07 Å². The maximum absolute atomic E-state index is 12.9. The van der Waals surface area contributed by atoms with Crippen molar-refractivity contribution in [2.45, 2.75) is 46.0 Å². The van der Waals surface area contributed by atoms with Gasteiger partial charge in [-0.2, -0.15) is 0 Å². The highest BCUT2D eigenvalue weighted by atomic mass is 32.1. The van der Waals surface area contributed by atoms with Gasteiger partial charge in [0.2, 0.25) is 0 Å². The van der Waals surface area contributed by atoms with Crippen LogP contribution in [0, 0.1) is 20.8 Å². The highest BCUT2D eigenvalue weighted by Gasteiger charge is 2.29. The van der Waals surface area contributed by atoms with E-state index in [4.69, 9.17) is 9.40 Å². The van der Waals surface area contributed by atoms with E-state index in [0.29, 0.717) is 31.0 Å². The zero-order chi connectivity index (χ0) is 22.7. The van der Waals surface area contributed by atoms with Crippen LogP contribution in [-0.4, -0.2) is 41.3 Å². The van der Waals surface area contributed by atoms with Crippen molar-refractivity contribution in [1.29, 1.82) is 0 Å². The number of hydrogen-bond donors (Lipinski definition) is 1. The first-order chi connectivity index (χ1) is 15.4. The molecule has 3 aromatic rings. The van der Waals surface area contributed by atoms with Gasteiger partial charge >= 0.3 is 0 Å². The van der Waals surface area contributed by atoms with E-state index in [1.165, 1.54) is 4.88 Å². The third-order valence-electron chi connectivity index (χ3n) is 6.09. The minimum Gasteiger partial charge on any atom is -0.456 e. The van der Waals surface area contributed by atoms with Crippen molar-refractivity contribution in [3.63, 3.8) is 0 Å². The number of furan rings is 1. The SMILES string of the molecule is Cc1ccc(C(=O)NCCc2cccs2)c(C2CCN(C(=O)c3cc(C)c(C)o3)CC2)n1. The van der Waals surface area contributed by atoms with Crippen LogP contribution in [0.15, 0.2) is 40.1 Å². The molecule has 0 unspecified atom stereocenters. The van der Waals surface area contributed by atoms with Crippen LogP contribution in [-0.2, 0) is 6.42 Å². The number of piperidine rings is 1. The summed E-state index contributed by atoms with van der Waals surface area (Å²) in [7, 11) is 0. The largest absolute Gasteiger partial charge is 0.456 e. The molecule has 3 aromatic heterocycles. The van der Waals surface area contributed by atoms with E-state index < -0.39 is 0 Å². The fourth-order valence-electron chi connectivity index (χ4n) is 4.12. The fourth-order valence-corrected chi connectivity index (χ4v) is 4.83. The normalized spacial score (nSPS) is 14.5. The van der Waals surface area contributed by atoms with E-state index >= 15 is 0 Å². The maximum Gasteiger partial charge on any atom is 0.289 e. The van der Waals surface area contributed by atoms with Gasteiger partial charge in [-0.25, -0.2) is 0 Å². The Hall–Kier alpha value is -2.93. The van der Waals surface area contributed by atoms with Crippen LogP contribution in [0.3, 0.4) is 0 Å². The van der Waals surface area contributed by atoms with Crippen molar-refractivity contribution >= 4 is 23.2 Å². The smallest absolute Gasteiger partial charge is 0.289 e. The van der Waals surface area contributed by atoms with Gasteiger partial charge in [0.05, 0.1) is 11.3 Å². The Morgan fingerprint density at radius 3 is 2.62 bits per heavy atom. The number of thiophene rings is 1. The number of aromatic nitrogens is 1. The molecule has 168 valence electrons. The van der Waals surface area contributed by atoms with Gasteiger partial charge in [0.15, 0.2) is 5.76 Å². The van der Waals surface area contributed by atoms with Gasteiger partial charge in [0.25, 0.3) is 11.8 Å². The molecular formula is C25H29N3O3S. The number of hydrogen-bond acceptors (Lipinski definition) is 5. The lowest BCUT2D eigenvalue weighted by Gasteiger charge is -2.32.